The van der Waals surface area contributed by atoms with Crippen LogP contribution in [0.3, 0.4) is 0 Å². The Balaban J connectivity index is 0.000000597. The van der Waals surface area contributed by atoms with Crippen molar-refractivity contribution in [1.29, 1.82) is 0 Å². The highest BCUT2D eigenvalue weighted by atomic mass is 32.3. The second-order valence-corrected chi connectivity index (χ2v) is 8.46. The minimum atomic E-state index is -4.67. The fraction of sp³-hybridized carbons (Fsp3) is 0.667. The van der Waals surface area contributed by atoms with Crippen molar-refractivity contribution in [3.05, 3.63) is 29.8 Å². The molecule has 1 atom stereocenters. The van der Waals surface area contributed by atoms with E-state index in [1.165, 1.54) is 31.2 Å². The lowest BCUT2D eigenvalue weighted by molar-refractivity contribution is 0.0993. The topological polar surface area (TPSA) is 116 Å². The number of hydrogen-bond acceptors (Lipinski definition) is 5. The maximum Gasteiger partial charge on any atom is 0.394 e. The minimum absolute atomic E-state index is 0.0166. The van der Waals surface area contributed by atoms with E-state index in [0.717, 1.165) is 5.75 Å². The molecule has 1 aromatic rings. The molecule has 1 aromatic carbocycles. The first-order valence-corrected chi connectivity index (χ1v) is 10.2. The number of rotatable bonds is 6. The molecule has 0 amide bonds. The molecule has 4 N–H and O–H groups in total. The highest BCUT2D eigenvalue weighted by Gasteiger charge is 2.21. The highest BCUT2D eigenvalue weighted by molar-refractivity contribution is 7.79. The summed E-state index contributed by atoms with van der Waals surface area (Å²) in [5.41, 5.74) is 1.33. The van der Waals surface area contributed by atoms with Gasteiger partial charge in [0.2, 0.25) is 0 Å². The van der Waals surface area contributed by atoms with Crippen LogP contribution < -0.4 is 10.1 Å². The number of aliphatic hydroxyl groups is 1. The van der Waals surface area contributed by atoms with Crippen molar-refractivity contribution in [2.75, 3.05) is 13.2 Å². The average Bonchev–Trinajstić information content (AvgIpc) is 3.03. The van der Waals surface area contributed by atoms with Crippen molar-refractivity contribution in [1.82, 2.24) is 5.32 Å². The summed E-state index contributed by atoms with van der Waals surface area (Å²) < 4.78 is 37.5. The molecule has 1 aliphatic carbocycles. The molecule has 0 aromatic heterocycles. The van der Waals surface area contributed by atoms with Crippen LogP contribution in [0.15, 0.2) is 24.3 Å². The molecule has 1 fully saturated rings. The monoisotopic (exact) mass is 389 g/mol. The van der Waals surface area contributed by atoms with E-state index in [4.69, 9.17) is 22.3 Å². The van der Waals surface area contributed by atoms with Gasteiger partial charge in [-0.25, -0.2) is 0 Å². The van der Waals surface area contributed by atoms with Crippen molar-refractivity contribution in [2.45, 2.75) is 64.0 Å². The third-order valence-electron chi connectivity index (χ3n) is 4.01. The normalized spacial score (nSPS) is 16.7. The molecule has 7 nitrogen and oxygen atoms in total. The van der Waals surface area contributed by atoms with Gasteiger partial charge in [0.25, 0.3) is 0 Å². The van der Waals surface area contributed by atoms with E-state index in [2.05, 4.69) is 38.2 Å². The zero-order chi connectivity index (χ0) is 19.8. The van der Waals surface area contributed by atoms with Crippen LogP contribution in [0.4, 0.5) is 0 Å². The fourth-order valence-electron chi connectivity index (χ4n) is 2.85. The summed E-state index contributed by atoms with van der Waals surface area (Å²) in [4.78, 5) is 0. The van der Waals surface area contributed by atoms with Crippen molar-refractivity contribution in [3.63, 3.8) is 0 Å². The molecule has 0 bridgehead atoms. The summed E-state index contributed by atoms with van der Waals surface area (Å²) in [5.74, 6) is 1.57. The predicted octanol–water partition coefficient (Wildman–Crippen LogP) is 2.82. The quantitative estimate of drug-likeness (QED) is 0.553. The van der Waals surface area contributed by atoms with E-state index in [9.17, 15) is 5.11 Å². The molecule has 150 valence electrons. The summed E-state index contributed by atoms with van der Waals surface area (Å²) in [5, 5.41) is 13.3. The van der Waals surface area contributed by atoms with Crippen LogP contribution in [0.5, 0.6) is 5.75 Å². The molecule has 0 saturated heterocycles. The first-order chi connectivity index (χ1) is 12.0. The number of β-amino-alcohol motifs (C(OH)–C–C–N with tert-alkyl or cyclic N) is 1. The molecular formula is C18H31NO6S. The van der Waals surface area contributed by atoms with Crippen LogP contribution in [0.2, 0.25) is 0 Å². The first kappa shape index (κ1) is 22.9. The summed E-state index contributed by atoms with van der Waals surface area (Å²) in [6.07, 6.45) is 4.66. The average molecular weight is 390 g/mol. The molecule has 2 rings (SSSR count). The third kappa shape index (κ3) is 10.7. The van der Waals surface area contributed by atoms with E-state index < -0.39 is 16.5 Å². The van der Waals surface area contributed by atoms with Crippen LogP contribution in [0.25, 0.3) is 0 Å². The molecule has 1 aliphatic rings. The van der Waals surface area contributed by atoms with Crippen molar-refractivity contribution >= 4 is 10.4 Å². The van der Waals surface area contributed by atoms with Crippen LogP contribution in [-0.4, -0.2) is 47.4 Å². The van der Waals surface area contributed by atoms with Gasteiger partial charge in [0.05, 0.1) is 0 Å². The lowest BCUT2D eigenvalue weighted by Crippen LogP contribution is -2.42. The Labute approximate surface area is 156 Å². The summed E-state index contributed by atoms with van der Waals surface area (Å²) in [6.45, 7) is 7.17. The van der Waals surface area contributed by atoms with Gasteiger partial charge in [-0.3, -0.25) is 9.11 Å². The summed E-state index contributed by atoms with van der Waals surface area (Å²) in [7, 11) is -4.67. The molecule has 1 saturated carbocycles. The molecule has 0 spiro atoms. The lowest BCUT2D eigenvalue weighted by Gasteiger charge is -2.23. The van der Waals surface area contributed by atoms with Gasteiger partial charge in [0, 0.05) is 12.1 Å². The van der Waals surface area contributed by atoms with Gasteiger partial charge in [-0.05, 0) is 51.2 Å². The summed E-state index contributed by atoms with van der Waals surface area (Å²) in [6, 6.07) is 8.29. The number of nitrogens with one attached hydrogen (secondary N) is 1. The van der Waals surface area contributed by atoms with Crippen LogP contribution in [0, 0.1) is 0 Å². The number of benzene rings is 1. The van der Waals surface area contributed by atoms with Crippen LogP contribution in [0.1, 0.15) is 57.9 Å². The second-order valence-electron chi connectivity index (χ2n) is 7.56. The largest absolute Gasteiger partial charge is 0.491 e. The number of para-hydroxylation sites is 1. The van der Waals surface area contributed by atoms with Gasteiger partial charge in [-0.15, -0.1) is 0 Å². The summed E-state index contributed by atoms with van der Waals surface area (Å²) >= 11 is 0. The van der Waals surface area contributed by atoms with Gasteiger partial charge in [-0.2, -0.15) is 8.42 Å². The number of ether oxygens (including phenoxy) is 1. The van der Waals surface area contributed by atoms with Gasteiger partial charge >= 0.3 is 10.4 Å². The molecule has 0 radical (unpaired) electrons. The van der Waals surface area contributed by atoms with Gasteiger partial charge in [-0.1, -0.05) is 31.0 Å². The van der Waals surface area contributed by atoms with Crippen molar-refractivity contribution in [2.24, 2.45) is 0 Å². The highest BCUT2D eigenvalue weighted by Crippen LogP contribution is 2.38. The van der Waals surface area contributed by atoms with Crippen molar-refractivity contribution < 1.29 is 27.4 Å². The Bertz CT molecular complexity index is 627. The Morgan fingerprint density at radius 3 is 2.27 bits per heavy atom. The maximum absolute atomic E-state index is 10.0. The van der Waals surface area contributed by atoms with E-state index in [1.54, 1.807) is 0 Å². The Morgan fingerprint density at radius 1 is 1.19 bits per heavy atom. The Kier molecular flexibility index (Phi) is 8.99. The molecule has 26 heavy (non-hydrogen) atoms. The maximum atomic E-state index is 10.0. The van der Waals surface area contributed by atoms with Gasteiger partial charge < -0.3 is 15.2 Å². The predicted molar refractivity (Wildman–Crippen MR) is 101 cm³/mol. The molecule has 8 heteroatoms. The number of hydrogen-bond donors (Lipinski definition) is 4. The molecule has 0 aliphatic heterocycles. The van der Waals surface area contributed by atoms with E-state index >= 15 is 0 Å². The standard InChI is InChI=1S/C18H29NO2.H2O4S/c1-18(2,3)19-12-15(20)13-21-17-11-7-6-10-16(17)14-8-4-5-9-14;1-5(2,3)4/h6-7,10-11,14-15,19-20H,4-5,8-9,12-13H2,1-3H3;(H2,1,2,3,4). The molecule has 1 unspecified atom stereocenters. The van der Waals surface area contributed by atoms with Crippen LogP contribution in [-0.2, 0) is 10.4 Å². The second kappa shape index (κ2) is 10.2. The van der Waals surface area contributed by atoms with E-state index in [-0.39, 0.29) is 5.54 Å². The minimum Gasteiger partial charge on any atom is -0.491 e. The molecular weight excluding hydrogens is 358 g/mol. The number of aliphatic hydroxyl groups excluding tert-OH is 1. The van der Waals surface area contributed by atoms with Gasteiger partial charge in [0.15, 0.2) is 0 Å². The fourth-order valence-corrected chi connectivity index (χ4v) is 2.85. The zero-order valence-electron chi connectivity index (χ0n) is 15.7. The zero-order valence-corrected chi connectivity index (χ0v) is 16.5. The first-order valence-electron chi connectivity index (χ1n) is 8.80. The van der Waals surface area contributed by atoms with Crippen molar-refractivity contribution in [3.8, 4) is 5.75 Å². The smallest absolute Gasteiger partial charge is 0.394 e. The van der Waals surface area contributed by atoms with Gasteiger partial charge in [0.1, 0.15) is 18.5 Å². The Morgan fingerprint density at radius 2 is 1.73 bits per heavy atom. The van der Waals surface area contributed by atoms with E-state index in [0.29, 0.717) is 19.1 Å². The third-order valence-corrected chi connectivity index (χ3v) is 4.01. The Hall–Kier alpha value is -1.19. The van der Waals surface area contributed by atoms with E-state index in [1.807, 2.05) is 12.1 Å². The molecule has 0 heterocycles. The SMILES string of the molecule is CC(C)(C)NCC(O)COc1ccccc1C1CCCC1.O=S(=O)(O)O. The lowest BCUT2D eigenvalue weighted by atomic mass is 9.97. The van der Waals surface area contributed by atoms with Crippen LogP contribution >= 0.6 is 0 Å².